The monoisotopic (exact) mass is 294 g/mol. The number of aliphatic hydroxyl groups is 1. The third-order valence-electron chi connectivity index (χ3n) is 4.53. The number of hydrogen-bond acceptors (Lipinski definition) is 5. The molecule has 5 heteroatoms. The molecule has 2 fully saturated rings. The van der Waals surface area contributed by atoms with Crippen LogP contribution in [0.15, 0.2) is 12.1 Å². The van der Waals surface area contributed by atoms with Crippen molar-refractivity contribution in [3.8, 4) is 17.2 Å². The Kier molecular flexibility index (Phi) is 3.71. The highest BCUT2D eigenvalue weighted by atomic mass is 16.5. The van der Waals surface area contributed by atoms with E-state index in [1.807, 2.05) is 12.1 Å². The third kappa shape index (κ3) is 2.45. The van der Waals surface area contributed by atoms with E-state index in [9.17, 15) is 5.11 Å². The normalized spacial score (nSPS) is 31.0. The van der Waals surface area contributed by atoms with Crippen molar-refractivity contribution < 1.29 is 24.1 Å². The second-order valence-electron chi connectivity index (χ2n) is 5.81. The van der Waals surface area contributed by atoms with Crippen molar-refractivity contribution in [3.63, 3.8) is 0 Å². The van der Waals surface area contributed by atoms with Crippen LogP contribution in [-0.4, -0.2) is 38.6 Å². The summed E-state index contributed by atoms with van der Waals surface area (Å²) < 4.78 is 21.9. The summed E-state index contributed by atoms with van der Waals surface area (Å²) in [5.74, 6) is 1.68. The molecule has 116 valence electrons. The number of methoxy groups -OCH3 is 3. The molecule has 2 saturated heterocycles. The minimum Gasteiger partial charge on any atom is -0.493 e. The summed E-state index contributed by atoms with van der Waals surface area (Å²) in [7, 11) is 4.74. The van der Waals surface area contributed by atoms with Crippen LogP contribution >= 0.6 is 0 Å². The average Bonchev–Trinajstić information content (AvgIpc) is 2.84. The van der Waals surface area contributed by atoms with Crippen LogP contribution in [0.4, 0.5) is 0 Å². The molecule has 0 amide bonds. The quantitative estimate of drug-likeness (QED) is 0.923. The van der Waals surface area contributed by atoms with Crippen molar-refractivity contribution in [2.75, 3.05) is 21.3 Å². The molecule has 2 bridgehead atoms. The zero-order chi connectivity index (χ0) is 15.0. The SMILES string of the molecule is COc1cc(C2(O)CC3CCC(C2)O3)cc(OC)c1OC. The summed E-state index contributed by atoms with van der Waals surface area (Å²) >= 11 is 0. The molecule has 0 aliphatic carbocycles. The Bertz CT molecular complexity index is 490. The molecular formula is C16H22O5. The van der Waals surface area contributed by atoms with Crippen molar-refractivity contribution >= 4 is 0 Å². The Morgan fingerprint density at radius 3 is 1.95 bits per heavy atom. The van der Waals surface area contributed by atoms with Gasteiger partial charge in [-0.2, -0.15) is 0 Å². The predicted molar refractivity (Wildman–Crippen MR) is 77.1 cm³/mol. The maximum Gasteiger partial charge on any atom is 0.203 e. The fourth-order valence-electron chi connectivity index (χ4n) is 3.50. The van der Waals surface area contributed by atoms with E-state index in [4.69, 9.17) is 18.9 Å². The molecule has 21 heavy (non-hydrogen) atoms. The summed E-state index contributed by atoms with van der Waals surface area (Å²) in [4.78, 5) is 0. The van der Waals surface area contributed by atoms with Gasteiger partial charge in [0.15, 0.2) is 11.5 Å². The van der Waals surface area contributed by atoms with Gasteiger partial charge in [-0.05, 0) is 30.5 Å². The van der Waals surface area contributed by atoms with Gasteiger partial charge in [0, 0.05) is 12.8 Å². The topological polar surface area (TPSA) is 57.2 Å². The molecule has 2 unspecified atom stereocenters. The first-order chi connectivity index (χ1) is 10.1. The Labute approximate surface area is 124 Å². The number of hydrogen-bond donors (Lipinski definition) is 1. The lowest BCUT2D eigenvalue weighted by molar-refractivity contribution is -0.115. The van der Waals surface area contributed by atoms with Gasteiger partial charge in [0.2, 0.25) is 5.75 Å². The van der Waals surface area contributed by atoms with Crippen LogP contribution in [0.25, 0.3) is 0 Å². The third-order valence-corrected chi connectivity index (χ3v) is 4.53. The van der Waals surface area contributed by atoms with Gasteiger partial charge in [-0.15, -0.1) is 0 Å². The maximum absolute atomic E-state index is 11.1. The van der Waals surface area contributed by atoms with Gasteiger partial charge < -0.3 is 24.1 Å². The summed E-state index contributed by atoms with van der Waals surface area (Å²) in [6.45, 7) is 0. The van der Waals surface area contributed by atoms with Gasteiger partial charge >= 0.3 is 0 Å². The maximum atomic E-state index is 11.1. The van der Waals surface area contributed by atoms with Crippen LogP contribution in [0, 0.1) is 0 Å². The average molecular weight is 294 g/mol. The lowest BCUT2D eigenvalue weighted by Crippen LogP contribution is -2.38. The van der Waals surface area contributed by atoms with Crippen LogP contribution in [0.1, 0.15) is 31.2 Å². The minimum atomic E-state index is -0.892. The van der Waals surface area contributed by atoms with E-state index in [1.54, 1.807) is 21.3 Å². The molecule has 2 heterocycles. The molecule has 2 atom stereocenters. The lowest BCUT2D eigenvalue weighted by Gasteiger charge is -2.37. The van der Waals surface area contributed by atoms with E-state index in [1.165, 1.54) is 0 Å². The van der Waals surface area contributed by atoms with E-state index in [2.05, 4.69) is 0 Å². The first-order valence-corrected chi connectivity index (χ1v) is 7.28. The summed E-state index contributed by atoms with van der Waals surface area (Å²) in [5.41, 5.74) is -0.0890. The second kappa shape index (κ2) is 5.39. The molecular weight excluding hydrogens is 272 g/mol. The molecule has 1 aromatic rings. The molecule has 3 rings (SSSR count). The zero-order valence-corrected chi connectivity index (χ0v) is 12.7. The number of rotatable bonds is 4. The highest BCUT2D eigenvalue weighted by Gasteiger charge is 2.45. The first-order valence-electron chi connectivity index (χ1n) is 7.28. The molecule has 5 nitrogen and oxygen atoms in total. The summed E-state index contributed by atoms with van der Waals surface area (Å²) in [6, 6.07) is 3.68. The van der Waals surface area contributed by atoms with Crippen molar-refractivity contribution in [3.05, 3.63) is 17.7 Å². The van der Waals surface area contributed by atoms with Crippen molar-refractivity contribution in [1.82, 2.24) is 0 Å². The highest BCUT2D eigenvalue weighted by Crippen LogP contribution is 2.47. The molecule has 2 aliphatic heterocycles. The fourth-order valence-corrected chi connectivity index (χ4v) is 3.50. The van der Waals surface area contributed by atoms with Crippen molar-refractivity contribution in [2.45, 2.75) is 43.5 Å². The van der Waals surface area contributed by atoms with E-state index >= 15 is 0 Å². The Balaban J connectivity index is 2.01. The van der Waals surface area contributed by atoms with Crippen molar-refractivity contribution in [2.24, 2.45) is 0 Å². The van der Waals surface area contributed by atoms with Gasteiger partial charge in [0.05, 0.1) is 39.1 Å². The molecule has 1 N–H and O–H groups in total. The molecule has 2 aliphatic rings. The van der Waals surface area contributed by atoms with Gasteiger partial charge in [0.1, 0.15) is 0 Å². The molecule has 0 spiro atoms. The Hall–Kier alpha value is -1.46. The van der Waals surface area contributed by atoms with Gasteiger partial charge in [-0.3, -0.25) is 0 Å². The van der Waals surface area contributed by atoms with Crippen molar-refractivity contribution in [1.29, 1.82) is 0 Å². The number of fused-ring (bicyclic) bond motifs is 2. The Morgan fingerprint density at radius 2 is 1.52 bits per heavy atom. The van der Waals surface area contributed by atoms with Crippen LogP contribution in [0.3, 0.4) is 0 Å². The van der Waals surface area contributed by atoms with Crippen LogP contribution in [0.5, 0.6) is 17.2 Å². The summed E-state index contributed by atoms with van der Waals surface area (Å²) in [5, 5.41) is 11.1. The first kappa shape index (κ1) is 14.5. The largest absolute Gasteiger partial charge is 0.493 e. The number of ether oxygens (including phenoxy) is 4. The van der Waals surface area contributed by atoms with E-state index in [0.29, 0.717) is 30.1 Å². The molecule has 1 aromatic carbocycles. The smallest absolute Gasteiger partial charge is 0.203 e. The molecule has 0 radical (unpaired) electrons. The second-order valence-corrected chi connectivity index (χ2v) is 5.81. The van der Waals surface area contributed by atoms with Crippen LogP contribution < -0.4 is 14.2 Å². The fraction of sp³-hybridized carbons (Fsp3) is 0.625. The zero-order valence-electron chi connectivity index (χ0n) is 12.7. The predicted octanol–water partition coefficient (Wildman–Crippen LogP) is 2.24. The van der Waals surface area contributed by atoms with Gasteiger partial charge in [0.25, 0.3) is 0 Å². The van der Waals surface area contributed by atoms with Gasteiger partial charge in [-0.25, -0.2) is 0 Å². The number of benzene rings is 1. The van der Waals surface area contributed by atoms with E-state index in [-0.39, 0.29) is 12.2 Å². The van der Waals surface area contributed by atoms with Gasteiger partial charge in [-0.1, -0.05) is 0 Å². The minimum absolute atomic E-state index is 0.146. The van der Waals surface area contributed by atoms with E-state index < -0.39 is 5.60 Å². The molecule has 0 saturated carbocycles. The summed E-state index contributed by atoms with van der Waals surface area (Å²) in [6.07, 6.45) is 3.57. The lowest BCUT2D eigenvalue weighted by atomic mass is 9.83. The van der Waals surface area contributed by atoms with Crippen LogP contribution in [-0.2, 0) is 10.3 Å². The standard InChI is InChI=1S/C16H22O5/c1-18-13-6-10(7-14(19-2)15(13)20-3)16(17)8-11-4-5-12(9-16)21-11/h6-7,11-12,17H,4-5,8-9H2,1-3H3. The highest BCUT2D eigenvalue weighted by molar-refractivity contribution is 5.55. The Morgan fingerprint density at radius 1 is 1.00 bits per heavy atom. The molecule has 0 aromatic heterocycles. The van der Waals surface area contributed by atoms with Crippen LogP contribution in [0.2, 0.25) is 0 Å². The van der Waals surface area contributed by atoms with E-state index in [0.717, 1.165) is 18.4 Å².